The summed E-state index contributed by atoms with van der Waals surface area (Å²) in [7, 11) is 0. The standard InChI is InChI=1S/C15H21NO2/c1-10(2)13-6-4-5-7-14(13)18-11(3)15(17)16-12-8-9-12/h4-7,10-12H,8-9H2,1-3H3,(H,16,17)/t11-/m0/s1. The van der Waals surface area contributed by atoms with Crippen LogP contribution in [0.1, 0.15) is 45.1 Å². The van der Waals surface area contributed by atoms with Gasteiger partial charge in [-0.3, -0.25) is 4.79 Å². The Morgan fingerprint density at radius 1 is 1.28 bits per heavy atom. The van der Waals surface area contributed by atoms with Gasteiger partial charge in [-0.15, -0.1) is 0 Å². The van der Waals surface area contributed by atoms with Crippen LogP contribution < -0.4 is 10.1 Å². The second kappa shape index (κ2) is 5.42. The van der Waals surface area contributed by atoms with Crippen molar-refractivity contribution in [2.24, 2.45) is 0 Å². The highest BCUT2D eigenvalue weighted by atomic mass is 16.5. The van der Waals surface area contributed by atoms with E-state index in [-0.39, 0.29) is 5.91 Å². The van der Waals surface area contributed by atoms with E-state index < -0.39 is 6.10 Å². The SMILES string of the molecule is CC(C)c1ccccc1O[C@@H](C)C(=O)NC1CC1. The van der Waals surface area contributed by atoms with Crippen molar-refractivity contribution < 1.29 is 9.53 Å². The van der Waals surface area contributed by atoms with E-state index in [1.54, 1.807) is 6.92 Å². The molecule has 0 spiro atoms. The second-order valence-corrected chi connectivity index (χ2v) is 5.24. The quantitative estimate of drug-likeness (QED) is 0.869. The maximum Gasteiger partial charge on any atom is 0.260 e. The molecule has 1 aromatic carbocycles. The molecule has 18 heavy (non-hydrogen) atoms. The van der Waals surface area contributed by atoms with Crippen molar-refractivity contribution in [3.63, 3.8) is 0 Å². The van der Waals surface area contributed by atoms with E-state index in [1.807, 2.05) is 24.3 Å². The van der Waals surface area contributed by atoms with Crippen LogP contribution in [0.15, 0.2) is 24.3 Å². The average Bonchev–Trinajstić information content (AvgIpc) is 3.13. The highest BCUT2D eigenvalue weighted by Crippen LogP contribution is 2.27. The first-order valence-electron chi connectivity index (χ1n) is 6.64. The molecule has 0 unspecified atom stereocenters. The van der Waals surface area contributed by atoms with Crippen molar-refractivity contribution in [2.45, 2.75) is 51.7 Å². The minimum absolute atomic E-state index is 0.0175. The molecule has 1 fully saturated rings. The summed E-state index contributed by atoms with van der Waals surface area (Å²) in [6.07, 6.45) is 1.76. The lowest BCUT2D eigenvalue weighted by Crippen LogP contribution is -2.37. The number of hydrogen-bond donors (Lipinski definition) is 1. The fraction of sp³-hybridized carbons (Fsp3) is 0.533. The fourth-order valence-corrected chi connectivity index (χ4v) is 1.86. The van der Waals surface area contributed by atoms with Gasteiger partial charge in [0.15, 0.2) is 6.10 Å². The van der Waals surface area contributed by atoms with Gasteiger partial charge < -0.3 is 10.1 Å². The third-order valence-electron chi connectivity index (χ3n) is 3.14. The smallest absolute Gasteiger partial charge is 0.260 e. The molecule has 2 rings (SSSR count). The fourth-order valence-electron chi connectivity index (χ4n) is 1.86. The molecule has 1 aliphatic rings. The van der Waals surface area contributed by atoms with Crippen LogP contribution in [0.25, 0.3) is 0 Å². The molecule has 0 heterocycles. The first-order chi connectivity index (χ1) is 8.58. The van der Waals surface area contributed by atoms with Gasteiger partial charge in [0.25, 0.3) is 5.91 Å². The monoisotopic (exact) mass is 247 g/mol. The Hall–Kier alpha value is -1.51. The number of rotatable bonds is 5. The minimum Gasteiger partial charge on any atom is -0.481 e. The molecular formula is C15H21NO2. The Bertz CT molecular complexity index is 424. The third kappa shape index (κ3) is 3.25. The summed E-state index contributed by atoms with van der Waals surface area (Å²) in [4.78, 5) is 11.8. The number of para-hydroxylation sites is 1. The molecule has 0 saturated heterocycles. The first-order valence-corrected chi connectivity index (χ1v) is 6.64. The Labute approximate surface area is 109 Å². The van der Waals surface area contributed by atoms with Gasteiger partial charge in [-0.25, -0.2) is 0 Å². The summed E-state index contributed by atoms with van der Waals surface area (Å²) in [6.45, 7) is 6.04. The lowest BCUT2D eigenvalue weighted by Gasteiger charge is -2.18. The van der Waals surface area contributed by atoms with Crippen LogP contribution in [-0.4, -0.2) is 18.1 Å². The van der Waals surface area contributed by atoms with Crippen LogP contribution in [0, 0.1) is 0 Å². The first kappa shape index (κ1) is 12.9. The van der Waals surface area contributed by atoms with E-state index >= 15 is 0 Å². The molecular weight excluding hydrogens is 226 g/mol. The summed E-state index contributed by atoms with van der Waals surface area (Å²) < 4.78 is 5.79. The molecule has 3 heteroatoms. The minimum atomic E-state index is -0.439. The number of hydrogen-bond acceptors (Lipinski definition) is 2. The van der Waals surface area contributed by atoms with Gasteiger partial charge >= 0.3 is 0 Å². The van der Waals surface area contributed by atoms with Crippen LogP contribution in [0.5, 0.6) is 5.75 Å². The van der Waals surface area contributed by atoms with Gasteiger partial charge in [0.2, 0.25) is 0 Å². The Balaban J connectivity index is 2.01. The molecule has 1 saturated carbocycles. The second-order valence-electron chi connectivity index (χ2n) is 5.24. The Kier molecular flexibility index (Phi) is 3.90. The Morgan fingerprint density at radius 3 is 2.56 bits per heavy atom. The number of ether oxygens (including phenoxy) is 1. The molecule has 0 radical (unpaired) electrons. The van der Waals surface area contributed by atoms with Gasteiger partial charge in [0.1, 0.15) is 5.75 Å². The van der Waals surface area contributed by atoms with E-state index in [4.69, 9.17) is 4.74 Å². The molecule has 0 aliphatic heterocycles. The maximum absolute atomic E-state index is 11.8. The largest absolute Gasteiger partial charge is 0.481 e. The number of amides is 1. The molecule has 0 aromatic heterocycles. The van der Waals surface area contributed by atoms with Crippen molar-refractivity contribution in [1.29, 1.82) is 0 Å². The van der Waals surface area contributed by atoms with Crippen molar-refractivity contribution in [2.75, 3.05) is 0 Å². The summed E-state index contributed by atoms with van der Waals surface area (Å²) in [5.74, 6) is 1.18. The lowest BCUT2D eigenvalue weighted by atomic mass is 10.0. The zero-order valence-electron chi connectivity index (χ0n) is 11.3. The zero-order chi connectivity index (χ0) is 13.1. The van der Waals surface area contributed by atoms with Crippen molar-refractivity contribution in [3.05, 3.63) is 29.8 Å². The topological polar surface area (TPSA) is 38.3 Å². The van der Waals surface area contributed by atoms with Gasteiger partial charge in [-0.2, -0.15) is 0 Å². The van der Waals surface area contributed by atoms with E-state index in [2.05, 4.69) is 19.2 Å². The number of benzene rings is 1. The third-order valence-corrected chi connectivity index (χ3v) is 3.14. The Morgan fingerprint density at radius 2 is 1.94 bits per heavy atom. The van der Waals surface area contributed by atoms with Crippen LogP contribution >= 0.6 is 0 Å². The van der Waals surface area contributed by atoms with Crippen LogP contribution in [0.4, 0.5) is 0 Å². The summed E-state index contributed by atoms with van der Waals surface area (Å²) in [5, 5.41) is 2.96. The number of nitrogens with one attached hydrogen (secondary N) is 1. The maximum atomic E-state index is 11.8. The van der Waals surface area contributed by atoms with Crippen LogP contribution in [-0.2, 0) is 4.79 Å². The molecule has 1 atom stereocenters. The number of carbonyl (C=O) groups excluding carboxylic acids is 1. The van der Waals surface area contributed by atoms with Crippen molar-refractivity contribution in [1.82, 2.24) is 5.32 Å². The molecule has 1 aromatic rings. The van der Waals surface area contributed by atoms with E-state index in [0.29, 0.717) is 12.0 Å². The average molecular weight is 247 g/mol. The molecule has 1 amide bonds. The molecule has 1 aliphatic carbocycles. The predicted octanol–water partition coefficient (Wildman–Crippen LogP) is 2.86. The van der Waals surface area contributed by atoms with Gasteiger partial charge in [-0.05, 0) is 37.3 Å². The molecule has 98 valence electrons. The van der Waals surface area contributed by atoms with Gasteiger partial charge in [0, 0.05) is 6.04 Å². The summed E-state index contributed by atoms with van der Waals surface area (Å²) in [5.41, 5.74) is 1.14. The lowest BCUT2D eigenvalue weighted by molar-refractivity contribution is -0.127. The summed E-state index contributed by atoms with van der Waals surface area (Å²) in [6, 6.07) is 8.29. The molecule has 1 N–H and O–H groups in total. The van der Waals surface area contributed by atoms with Gasteiger partial charge in [-0.1, -0.05) is 32.0 Å². The highest BCUT2D eigenvalue weighted by Gasteiger charge is 2.26. The van der Waals surface area contributed by atoms with Crippen LogP contribution in [0.3, 0.4) is 0 Å². The van der Waals surface area contributed by atoms with Crippen LogP contribution in [0.2, 0.25) is 0 Å². The normalized spacial score (nSPS) is 16.4. The molecule has 0 bridgehead atoms. The van der Waals surface area contributed by atoms with E-state index in [9.17, 15) is 4.79 Å². The summed E-state index contributed by atoms with van der Waals surface area (Å²) >= 11 is 0. The van der Waals surface area contributed by atoms with E-state index in [0.717, 1.165) is 24.2 Å². The molecule has 3 nitrogen and oxygen atoms in total. The van der Waals surface area contributed by atoms with Crippen molar-refractivity contribution in [3.8, 4) is 5.75 Å². The van der Waals surface area contributed by atoms with Gasteiger partial charge in [0.05, 0.1) is 0 Å². The van der Waals surface area contributed by atoms with E-state index in [1.165, 1.54) is 0 Å². The van der Waals surface area contributed by atoms with Crippen molar-refractivity contribution >= 4 is 5.91 Å². The predicted molar refractivity (Wildman–Crippen MR) is 71.8 cm³/mol. The highest BCUT2D eigenvalue weighted by molar-refractivity contribution is 5.81. The number of carbonyl (C=O) groups is 1. The zero-order valence-corrected chi connectivity index (χ0v) is 11.3.